The van der Waals surface area contributed by atoms with Crippen LogP contribution in [0.3, 0.4) is 0 Å². The molecule has 182 valence electrons. The fraction of sp³-hybridized carbons (Fsp3) is 0.269. The topological polar surface area (TPSA) is 94.2 Å². The van der Waals surface area contributed by atoms with Gasteiger partial charge in [0.15, 0.2) is 0 Å². The van der Waals surface area contributed by atoms with Gasteiger partial charge in [-0.15, -0.1) is 0 Å². The molecule has 0 saturated carbocycles. The largest absolute Gasteiger partial charge is 0.327 e. The van der Waals surface area contributed by atoms with Crippen molar-refractivity contribution in [2.24, 2.45) is 7.05 Å². The third-order valence-electron chi connectivity index (χ3n) is 7.17. The minimum absolute atomic E-state index is 0.159. The number of nitro benzene ring substituents is 1. The summed E-state index contributed by atoms with van der Waals surface area (Å²) in [7, 11) is 1.73. The Morgan fingerprint density at radius 2 is 1.92 bits per heavy atom. The van der Waals surface area contributed by atoms with Crippen LogP contribution in [0.4, 0.5) is 14.5 Å². The van der Waals surface area contributed by atoms with Gasteiger partial charge in [-0.3, -0.25) is 19.6 Å². The Morgan fingerprint density at radius 1 is 1.14 bits per heavy atom. The Labute approximate surface area is 204 Å². The average molecular weight is 489 g/mol. The summed E-state index contributed by atoms with van der Waals surface area (Å²) in [5.41, 5.74) is 2.88. The van der Waals surface area contributed by atoms with Gasteiger partial charge in [0, 0.05) is 53.5 Å². The van der Waals surface area contributed by atoms with E-state index >= 15 is 0 Å². The number of hydrogen-bond donors (Lipinski definition) is 0. The normalized spacial score (nSPS) is 18.8. The van der Waals surface area contributed by atoms with Crippen molar-refractivity contribution >= 4 is 22.5 Å². The lowest BCUT2D eigenvalue weighted by molar-refractivity contribution is -0.383. The molecule has 0 unspecified atom stereocenters. The van der Waals surface area contributed by atoms with E-state index in [-0.39, 0.29) is 34.8 Å². The van der Waals surface area contributed by atoms with Gasteiger partial charge in [-0.1, -0.05) is 6.07 Å². The lowest BCUT2D eigenvalue weighted by atomic mass is 9.81. The number of non-ortho nitro benzene ring substituents is 1. The standard InChI is InChI=1S/C26H21F2N5O3/c1-31-25(15-9-17(27)12-18(28)10-15)20-13-19-5-2-6-21(24(20)30-31)32(19)26(34)16-8-14-4-3-7-29-23(14)22(11-16)33(35)36/h3-4,7-12,19,21H,2,5-6,13H2,1H3/t19-,21+/m1/s1. The third-order valence-corrected chi connectivity index (χ3v) is 7.17. The van der Waals surface area contributed by atoms with Crippen molar-refractivity contribution in [1.29, 1.82) is 0 Å². The first-order valence-electron chi connectivity index (χ1n) is 11.7. The van der Waals surface area contributed by atoms with Crippen LogP contribution in [0.15, 0.2) is 48.7 Å². The maximum atomic E-state index is 14.0. The number of benzene rings is 2. The van der Waals surface area contributed by atoms with Crippen LogP contribution in [-0.2, 0) is 13.5 Å². The molecule has 0 spiro atoms. The Bertz CT molecular complexity index is 1550. The molecule has 6 rings (SSSR count). The first-order valence-corrected chi connectivity index (χ1v) is 11.7. The molecule has 36 heavy (non-hydrogen) atoms. The van der Waals surface area contributed by atoms with Gasteiger partial charge in [0.05, 0.1) is 22.4 Å². The van der Waals surface area contributed by atoms with Crippen LogP contribution >= 0.6 is 0 Å². The SMILES string of the molecule is Cn1nc2c(c1-c1cc(F)cc(F)c1)C[C@H]1CCC[C@@H]2N1C(=O)c1cc([N+](=O)[O-])c2ncccc2c1. The molecular formula is C26H21F2N5O3. The minimum atomic E-state index is -0.667. The number of rotatable bonds is 3. The highest BCUT2D eigenvalue weighted by molar-refractivity contribution is 6.01. The van der Waals surface area contributed by atoms with E-state index in [9.17, 15) is 23.7 Å². The van der Waals surface area contributed by atoms with Crippen molar-refractivity contribution < 1.29 is 18.5 Å². The van der Waals surface area contributed by atoms with Gasteiger partial charge < -0.3 is 4.90 Å². The fourth-order valence-electron chi connectivity index (χ4n) is 5.79. The number of nitrogens with zero attached hydrogens (tertiary/aromatic N) is 5. The van der Waals surface area contributed by atoms with Crippen molar-refractivity contribution in [1.82, 2.24) is 19.7 Å². The van der Waals surface area contributed by atoms with Crippen LogP contribution in [0.25, 0.3) is 22.2 Å². The number of fused-ring (bicyclic) bond motifs is 5. The summed E-state index contributed by atoms with van der Waals surface area (Å²) in [4.78, 5) is 31.0. The van der Waals surface area contributed by atoms with Gasteiger partial charge in [0.25, 0.3) is 11.6 Å². The predicted molar refractivity (Wildman–Crippen MR) is 127 cm³/mol. The Balaban J connectivity index is 1.45. The second-order valence-corrected chi connectivity index (χ2v) is 9.34. The van der Waals surface area contributed by atoms with Crippen molar-refractivity contribution in [3.05, 3.63) is 87.2 Å². The number of carbonyl (C=O) groups is 1. The van der Waals surface area contributed by atoms with E-state index in [2.05, 4.69) is 10.1 Å². The van der Waals surface area contributed by atoms with Crippen molar-refractivity contribution in [3.63, 3.8) is 0 Å². The maximum Gasteiger partial charge on any atom is 0.296 e. The molecule has 2 aliphatic rings. The van der Waals surface area contributed by atoms with Crippen LogP contribution in [0, 0.1) is 21.7 Å². The summed E-state index contributed by atoms with van der Waals surface area (Å²) in [6.07, 6.45) is 4.30. The highest BCUT2D eigenvalue weighted by Crippen LogP contribution is 2.45. The number of piperidine rings is 1. The van der Waals surface area contributed by atoms with Crippen LogP contribution in [0.5, 0.6) is 0 Å². The second-order valence-electron chi connectivity index (χ2n) is 9.34. The van der Waals surface area contributed by atoms with Crippen LogP contribution in [0.2, 0.25) is 0 Å². The molecule has 1 fully saturated rings. The zero-order chi connectivity index (χ0) is 25.1. The molecule has 4 aromatic rings. The van der Waals surface area contributed by atoms with Crippen molar-refractivity contribution in [2.75, 3.05) is 0 Å². The van der Waals surface area contributed by atoms with E-state index in [1.807, 2.05) is 0 Å². The lowest BCUT2D eigenvalue weighted by Crippen LogP contribution is -2.49. The van der Waals surface area contributed by atoms with E-state index in [0.29, 0.717) is 35.2 Å². The number of aromatic nitrogens is 3. The van der Waals surface area contributed by atoms with Gasteiger partial charge in [-0.25, -0.2) is 13.8 Å². The van der Waals surface area contributed by atoms with E-state index in [0.717, 1.165) is 24.5 Å². The molecular weight excluding hydrogens is 468 g/mol. The van der Waals surface area contributed by atoms with E-state index < -0.39 is 16.6 Å². The fourth-order valence-corrected chi connectivity index (χ4v) is 5.79. The highest BCUT2D eigenvalue weighted by atomic mass is 19.1. The van der Waals surface area contributed by atoms with Gasteiger partial charge in [0.2, 0.25) is 0 Å². The number of hydrogen-bond acceptors (Lipinski definition) is 5. The van der Waals surface area contributed by atoms with Gasteiger partial charge in [-0.05, 0) is 49.9 Å². The van der Waals surface area contributed by atoms with Gasteiger partial charge in [-0.2, -0.15) is 5.10 Å². The smallest absolute Gasteiger partial charge is 0.296 e. The van der Waals surface area contributed by atoms with E-state index in [4.69, 9.17) is 0 Å². The molecule has 10 heteroatoms. The Kier molecular flexibility index (Phi) is 5.06. The van der Waals surface area contributed by atoms with E-state index in [1.54, 1.807) is 34.8 Å². The lowest BCUT2D eigenvalue weighted by Gasteiger charge is -2.45. The molecule has 2 aromatic carbocycles. The molecule has 2 atom stereocenters. The summed E-state index contributed by atoms with van der Waals surface area (Å²) in [5, 5.41) is 16.9. The van der Waals surface area contributed by atoms with E-state index in [1.165, 1.54) is 24.4 Å². The first-order chi connectivity index (χ1) is 17.3. The van der Waals surface area contributed by atoms with Crippen LogP contribution < -0.4 is 0 Å². The monoisotopic (exact) mass is 489 g/mol. The number of halogens is 2. The van der Waals surface area contributed by atoms with Crippen molar-refractivity contribution in [2.45, 2.75) is 37.8 Å². The summed E-state index contributed by atoms with van der Waals surface area (Å²) < 4.78 is 29.6. The molecule has 2 bridgehead atoms. The second kappa shape index (κ2) is 8.18. The maximum absolute atomic E-state index is 14.0. The summed E-state index contributed by atoms with van der Waals surface area (Å²) in [6.45, 7) is 0. The number of pyridine rings is 1. The average Bonchev–Trinajstić information content (AvgIpc) is 3.17. The molecule has 0 N–H and O–H groups in total. The number of amides is 1. The molecule has 0 aliphatic carbocycles. The van der Waals surface area contributed by atoms with Crippen LogP contribution in [0.1, 0.15) is 46.9 Å². The molecule has 1 amide bonds. The minimum Gasteiger partial charge on any atom is -0.327 e. The molecule has 2 aliphatic heterocycles. The number of aryl methyl sites for hydroxylation is 1. The summed E-state index contributed by atoms with van der Waals surface area (Å²) >= 11 is 0. The third kappa shape index (κ3) is 3.43. The Morgan fingerprint density at radius 3 is 2.67 bits per heavy atom. The summed E-state index contributed by atoms with van der Waals surface area (Å²) in [5.74, 6) is -1.63. The van der Waals surface area contributed by atoms with Gasteiger partial charge in [0.1, 0.15) is 17.2 Å². The predicted octanol–water partition coefficient (Wildman–Crippen LogP) is 5.11. The highest BCUT2D eigenvalue weighted by Gasteiger charge is 2.44. The zero-order valence-electron chi connectivity index (χ0n) is 19.3. The molecule has 4 heterocycles. The van der Waals surface area contributed by atoms with Gasteiger partial charge >= 0.3 is 0 Å². The molecule has 0 radical (unpaired) electrons. The molecule has 8 nitrogen and oxygen atoms in total. The number of carbonyl (C=O) groups excluding carboxylic acids is 1. The number of nitro groups is 1. The van der Waals surface area contributed by atoms with Crippen molar-refractivity contribution in [3.8, 4) is 11.3 Å². The zero-order valence-corrected chi connectivity index (χ0v) is 19.3. The quantitative estimate of drug-likeness (QED) is 0.294. The first kappa shape index (κ1) is 22.3. The molecule has 1 saturated heterocycles. The molecule has 2 aromatic heterocycles. The van der Waals surface area contributed by atoms with Crippen LogP contribution in [-0.4, -0.2) is 36.5 Å². The Hall–Kier alpha value is -4.21. The summed E-state index contributed by atoms with van der Waals surface area (Å²) in [6, 6.07) is 9.23.